The van der Waals surface area contributed by atoms with Crippen LogP contribution in [0.2, 0.25) is 0 Å². The maximum absolute atomic E-state index is 9.25. The monoisotopic (exact) mass is 210 g/mol. The van der Waals surface area contributed by atoms with E-state index in [9.17, 15) is 5.11 Å². The Bertz CT molecular complexity index is 269. The third-order valence-electron chi connectivity index (χ3n) is 2.09. The Labute approximate surface area is 92.9 Å². The van der Waals surface area contributed by atoms with Crippen molar-refractivity contribution in [2.24, 2.45) is 0 Å². The average molecular weight is 210 g/mol. The molecule has 2 unspecified atom stereocenters. The quantitative estimate of drug-likeness (QED) is 0.830. The highest BCUT2D eigenvalue weighted by atomic mass is 16.5. The maximum atomic E-state index is 9.25. The molecule has 2 nitrogen and oxygen atoms in total. The Morgan fingerprint density at radius 1 is 1.13 bits per heavy atom. The van der Waals surface area contributed by atoms with E-state index in [1.54, 1.807) is 6.92 Å². The minimum atomic E-state index is -0.445. The van der Waals surface area contributed by atoms with Gasteiger partial charge in [-0.2, -0.15) is 0 Å². The summed E-state index contributed by atoms with van der Waals surface area (Å²) in [5, 5.41) is 9.25. The van der Waals surface area contributed by atoms with E-state index in [-0.39, 0.29) is 6.10 Å². The average Bonchev–Trinajstić information content (AvgIpc) is 2.24. The molecule has 15 heavy (non-hydrogen) atoms. The predicted octanol–water partition coefficient (Wildman–Crippen LogP) is 3.17. The van der Waals surface area contributed by atoms with Crippen molar-refractivity contribution in [3.63, 3.8) is 0 Å². The number of ether oxygens (including phenoxy) is 1. The minimum absolute atomic E-state index is 0.166. The lowest BCUT2D eigenvalue weighted by atomic mass is 10.2. The van der Waals surface area contributed by atoms with Crippen molar-refractivity contribution in [3.05, 3.63) is 29.8 Å². The number of hydrogen-bond acceptors (Lipinski definition) is 2. The highest BCUT2D eigenvalue weighted by Crippen LogP contribution is 2.18. The Morgan fingerprint density at radius 3 is 2.13 bits per heavy atom. The molecule has 0 saturated heterocycles. The van der Waals surface area contributed by atoms with E-state index in [2.05, 4.69) is 0 Å². The molecule has 0 fully saturated rings. The normalized spacial score (nSPS) is 13.5. The van der Waals surface area contributed by atoms with Crippen LogP contribution in [0.15, 0.2) is 24.3 Å². The van der Waals surface area contributed by atoms with Crippen molar-refractivity contribution >= 4 is 0 Å². The number of aliphatic hydroxyl groups excluding tert-OH is 1. The molecule has 0 radical (unpaired) electrons. The zero-order chi connectivity index (χ0) is 11.8. The van der Waals surface area contributed by atoms with Crippen molar-refractivity contribution in [1.82, 2.24) is 0 Å². The smallest absolute Gasteiger partial charge is 0.122 e. The van der Waals surface area contributed by atoms with Gasteiger partial charge in [0.1, 0.15) is 11.9 Å². The van der Waals surface area contributed by atoms with Gasteiger partial charge in [-0.1, -0.05) is 32.0 Å². The van der Waals surface area contributed by atoms with Crippen LogP contribution in [0, 0.1) is 6.92 Å². The third-order valence-corrected chi connectivity index (χ3v) is 2.09. The van der Waals surface area contributed by atoms with Gasteiger partial charge < -0.3 is 9.84 Å². The first-order valence-electron chi connectivity index (χ1n) is 5.51. The molecule has 1 N–H and O–H groups in total. The van der Waals surface area contributed by atoms with Crippen molar-refractivity contribution in [3.8, 4) is 5.75 Å². The lowest BCUT2D eigenvalue weighted by Gasteiger charge is -2.18. The molecule has 86 valence electrons. The van der Waals surface area contributed by atoms with Crippen LogP contribution in [0.4, 0.5) is 0 Å². The molecule has 0 aliphatic heterocycles. The lowest BCUT2D eigenvalue weighted by molar-refractivity contribution is 0.0600. The van der Waals surface area contributed by atoms with Crippen LogP contribution in [0.25, 0.3) is 0 Å². The van der Waals surface area contributed by atoms with Crippen molar-refractivity contribution in [2.45, 2.75) is 46.8 Å². The van der Waals surface area contributed by atoms with Crippen LogP contribution in [0.1, 0.15) is 33.3 Å². The van der Waals surface area contributed by atoms with Crippen LogP contribution in [-0.2, 0) is 0 Å². The van der Waals surface area contributed by atoms with E-state index in [0.717, 1.165) is 11.3 Å². The number of hydrogen-bond donors (Lipinski definition) is 1. The Kier molecular flexibility index (Phi) is 6.80. The van der Waals surface area contributed by atoms with Gasteiger partial charge in [-0.25, -0.2) is 0 Å². The number of aryl methyl sites for hydroxylation is 1. The molecular formula is C13H22O2. The van der Waals surface area contributed by atoms with E-state index >= 15 is 0 Å². The molecule has 0 aliphatic carbocycles. The highest BCUT2D eigenvalue weighted by molar-refractivity contribution is 5.31. The van der Waals surface area contributed by atoms with Gasteiger partial charge in [0.25, 0.3) is 0 Å². The van der Waals surface area contributed by atoms with Crippen LogP contribution in [0.3, 0.4) is 0 Å². The fraction of sp³-hybridized carbons (Fsp3) is 0.538. The molecule has 2 atom stereocenters. The molecular weight excluding hydrogens is 188 g/mol. The van der Waals surface area contributed by atoms with Gasteiger partial charge >= 0.3 is 0 Å². The zero-order valence-corrected chi connectivity index (χ0v) is 10.3. The predicted molar refractivity (Wildman–Crippen MR) is 64.3 cm³/mol. The summed E-state index contributed by atoms with van der Waals surface area (Å²) in [6, 6.07) is 7.80. The fourth-order valence-corrected chi connectivity index (χ4v) is 0.987. The lowest BCUT2D eigenvalue weighted by Crippen LogP contribution is -2.25. The van der Waals surface area contributed by atoms with Crippen LogP contribution < -0.4 is 4.74 Å². The molecule has 1 aromatic carbocycles. The van der Waals surface area contributed by atoms with Gasteiger partial charge in [-0.3, -0.25) is 0 Å². The van der Waals surface area contributed by atoms with Gasteiger partial charge in [0.15, 0.2) is 0 Å². The highest BCUT2D eigenvalue weighted by Gasteiger charge is 2.10. The third kappa shape index (κ3) is 4.84. The van der Waals surface area contributed by atoms with E-state index in [1.165, 1.54) is 0 Å². The second kappa shape index (κ2) is 7.30. The summed E-state index contributed by atoms with van der Waals surface area (Å²) in [6.07, 6.45) is -0.610. The Hall–Kier alpha value is -1.02. The summed E-state index contributed by atoms with van der Waals surface area (Å²) in [6.45, 7) is 9.57. The molecule has 0 spiro atoms. The molecule has 0 aromatic heterocycles. The van der Waals surface area contributed by atoms with Crippen molar-refractivity contribution < 1.29 is 9.84 Å². The standard InChI is InChI=1S/C11H16O2.C2H6/c1-8-6-4-5-7-11(8)13-10(3)9(2)12;1-2/h4-7,9-10,12H,1-3H3;1-2H3. The summed E-state index contributed by atoms with van der Waals surface area (Å²) in [5.74, 6) is 0.843. The van der Waals surface area contributed by atoms with Gasteiger partial charge in [-0.15, -0.1) is 0 Å². The first-order valence-corrected chi connectivity index (χ1v) is 5.51. The summed E-state index contributed by atoms with van der Waals surface area (Å²) in [4.78, 5) is 0. The molecule has 0 amide bonds. The van der Waals surface area contributed by atoms with Gasteiger partial charge in [0.05, 0.1) is 6.10 Å². The summed E-state index contributed by atoms with van der Waals surface area (Å²) in [5.41, 5.74) is 1.09. The molecule has 1 aromatic rings. The fourth-order valence-electron chi connectivity index (χ4n) is 0.987. The topological polar surface area (TPSA) is 29.5 Å². The summed E-state index contributed by atoms with van der Waals surface area (Å²) < 4.78 is 5.56. The van der Waals surface area contributed by atoms with Crippen LogP contribution in [0.5, 0.6) is 5.75 Å². The Morgan fingerprint density at radius 2 is 1.67 bits per heavy atom. The van der Waals surface area contributed by atoms with E-state index in [4.69, 9.17) is 4.74 Å². The largest absolute Gasteiger partial charge is 0.488 e. The first-order chi connectivity index (χ1) is 7.11. The van der Waals surface area contributed by atoms with E-state index in [1.807, 2.05) is 52.0 Å². The van der Waals surface area contributed by atoms with Gasteiger partial charge in [-0.05, 0) is 32.4 Å². The molecule has 2 heteroatoms. The summed E-state index contributed by atoms with van der Waals surface area (Å²) >= 11 is 0. The van der Waals surface area contributed by atoms with E-state index in [0.29, 0.717) is 0 Å². The van der Waals surface area contributed by atoms with Gasteiger partial charge in [0, 0.05) is 0 Å². The minimum Gasteiger partial charge on any atom is -0.488 e. The summed E-state index contributed by atoms with van der Waals surface area (Å²) in [7, 11) is 0. The first kappa shape index (κ1) is 14.0. The van der Waals surface area contributed by atoms with Crippen LogP contribution >= 0.6 is 0 Å². The Balaban J connectivity index is 0.000000921. The number of aliphatic hydroxyl groups is 1. The zero-order valence-electron chi connectivity index (χ0n) is 10.3. The number of benzene rings is 1. The molecule has 1 rings (SSSR count). The molecule has 0 bridgehead atoms. The second-order valence-corrected chi connectivity index (χ2v) is 3.33. The van der Waals surface area contributed by atoms with Gasteiger partial charge in [0.2, 0.25) is 0 Å². The SMILES string of the molecule is CC.Cc1ccccc1OC(C)C(C)O. The maximum Gasteiger partial charge on any atom is 0.122 e. The van der Waals surface area contributed by atoms with Crippen molar-refractivity contribution in [1.29, 1.82) is 0 Å². The molecule has 0 aliphatic rings. The van der Waals surface area contributed by atoms with Crippen LogP contribution in [-0.4, -0.2) is 17.3 Å². The van der Waals surface area contributed by atoms with Crippen molar-refractivity contribution in [2.75, 3.05) is 0 Å². The number of para-hydroxylation sites is 1. The molecule has 0 heterocycles. The number of rotatable bonds is 3. The molecule has 0 saturated carbocycles. The van der Waals surface area contributed by atoms with E-state index < -0.39 is 6.10 Å². The second-order valence-electron chi connectivity index (χ2n) is 3.33.